The van der Waals surface area contributed by atoms with E-state index in [0.29, 0.717) is 29.6 Å². The molecule has 106 valence electrons. The van der Waals surface area contributed by atoms with Crippen molar-refractivity contribution < 1.29 is 9.53 Å². The minimum atomic E-state index is -0.423. The van der Waals surface area contributed by atoms with Crippen molar-refractivity contribution >= 4 is 17.7 Å². The van der Waals surface area contributed by atoms with E-state index in [4.69, 9.17) is 4.74 Å². The molecule has 6 heteroatoms. The third kappa shape index (κ3) is 3.17. The van der Waals surface area contributed by atoms with Gasteiger partial charge in [-0.1, -0.05) is 18.2 Å². The van der Waals surface area contributed by atoms with Crippen LogP contribution in [0, 0.1) is 0 Å². The number of aromatic nitrogens is 1. The van der Waals surface area contributed by atoms with Crippen molar-refractivity contribution in [1.82, 2.24) is 10.3 Å². The van der Waals surface area contributed by atoms with E-state index in [2.05, 4.69) is 20.6 Å². The van der Waals surface area contributed by atoms with Crippen LogP contribution in [0.4, 0.5) is 5.82 Å². The first kappa shape index (κ1) is 13.1. The summed E-state index contributed by atoms with van der Waals surface area (Å²) in [5.74, 6) is 1.02. The van der Waals surface area contributed by atoms with Crippen molar-refractivity contribution in [3.8, 4) is 5.75 Å². The highest BCUT2D eigenvalue weighted by Crippen LogP contribution is 2.22. The molecule has 3 rings (SSSR count). The zero-order chi connectivity index (χ0) is 14.5. The predicted molar refractivity (Wildman–Crippen MR) is 79.6 cm³/mol. The summed E-state index contributed by atoms with van der Waals surface area (Å²) in [4.78, 5) is 20.5. The lowest BCUT2D eigenvalue weighted by atomic mass is 10.2. The number of carbonyl (C=O) groups excluding carboxylic acids is 1. The summed E-state index contributed by atoms with van der Waals surface area (Å²) in [6.45, 7) is 1.50. The van der Waals surface area contributed by atoms with Crippen molar-refractivity contribution in [3.63, 3.8) is 0 Å². The lowest BCUT2D eigenvalue weighted by Crippen LogP contribution is -2.27. The molecule has 6 nitrogen and oxygen atoms in total. The largest absolute Gasteiger partial charge is 0.419 e. The molecule has 0 radical (unpaired) electrons. The van der Waals surface area contributed by atoms with Gasteiger partial charge in [0.05, 0.1) is 12.1 Å². The average Bonchev–Trinajstić information content (AvgIpc) is 3.03. The number of nitrogens with one attached hydrogen (secondary N) is 2. The summed E-state index contributed by atoms with van der Waals surface area (Å²) in [5.41, 5.74) is 0.489. The number of benzene rings is 1. The highest BCUT2D eigenvalue weighted by molar-refractivity contribution is 5.96. The Morgan fingerprint density at radius 1 is 1.19 bits per heavy atom. The normalized spacial score (nSPS) is 13.2. The van der Waals surface area contributed by atoms with Crippen LogP contribution in [0.15, 0.2) is 53.7 Å². The molecule has 0 unspecified atom stereocenters. The molecule has 1 aliphatic rings. The van der Waals surface area contributed by atoms with Crippen molar-refractivity contribution in [2.75, 3.05) is 18.4 Å². The van der Waals surface area contributed by atoms with E-state index in [1.54, 1.807) is 42.6 Å². The van der Waals surface area contributed by atoms with Crippen LogP contribution in [0.3, 0.4) is 0 Å². The number of anilines is 1. The van der Waals surface area contributed by atoms with Crippen LogP contribution in [0.5, 0.6) is 5.75 Å². The maximum absolute atomic E-state index is 12.1. The van der Waals surface area contributed by atoms with E-state index < -0.39 is 5.97 Å². The Balaban J connectivity index is 1.77. The number of nitrogens with zero attached hydrogens (tertiary/aromatic N) is 2. The van der Waals surface area contributed by atoms with Gasteiger partial charge in [0, 0.05) is 12.7 Å². The van der Waals surface area contributed by atoms with Crippen molar-refractivity contribution in [3.05, 3.63) is 54.2 Å². The van der Waals surface area contributed by atoms with Gasteiger partial charge in [-0.15, -0.1) is 0 Å². The Morgan fingerprint density at radius 3 is 2.81 bits per heavy atom. The van der Waals surface area contributed by atoms with Crippen LogP contribution in [0.2, 0.25) is 0 Å². The van der Waals surface area contributed by atoms with Gasteiger partial charge in [-0.3, -0.25) is 4.99 Å². The number of rotatable bonds is 3. The molecule has 0 spiro atoms. The fraction of sp³-hybridized carbons (Fsp3) is 0.133. The Morgan fingerprint density at radius 2 is 2.05 bits per heavy atom. The topological polar surface area (TPSA) is 75.6 Å². The minimum absolute atomic E-state index is 0.364. The third-order valence-corrected chi connectivity index (χ3v) is 2.89. The standard InChI is InChI=1S/C15H14N4O2/c20-14(11-5-2-1-3-6-11)21-12-7-4-8-16-13(12)19-15-17-9-10-18-15/h1-8H,9-10H2,(H2,16,17,18,19). The zero-order valence-electron chi connectivity index (χ0n) is 11.2. The van der Waals surface area contributed by atoms with Crippen LogP contribution in [0.25, 0.3) is 0 Å². The molecule has 0 aliphatic carbocycles. The van der Waals surface area contributed by atoms with Crippen LogP contribution < -0.4 is 15.4 Å². The highest BCUT2D eigenvalue weighted by Gasteiger charge is 2.14. The van der Waals surface area contributed by atoms with Gasteiger partial charge in [0.2, 0.25) is 0 Å². The summed E-state index contributed by atoms with van der Waals surface area (Å²) in [7, 11) is 0. The lowest BCUT2D eigenvalue weighted by Gasteiger charge is -2.11. The van der Waals surface area contributed by atoms with E-state index >= 15 is 0 Å². The van der Waals surface area contributed by atoms with Gasteiger partial charge in [0.1, 0.15) is 0 Å². The molecule has 0 bridgehead atoms. The highest BCUT2D eigenvalue weighted by atomic mass is 16.5. The van der Waals surface area contributed by atoms with E-state index in [0.717, 1.165) is 6.54 Å². The quantitative estimate of drug-likeness (QED) is 0.838. The van der Waals surface area contributed by atoms with Crippen LogP contribution in [0.1, 0.15) is 10.4 Å². The molecule has 1 aromatic heterocycles. The molecular weight excluding hydrogens is 268 g/mol. The predicted octanol–water partition coefficient (Wildman–Crippen LogP) is 1.67. The fourth-order valence-corrected chi connectivity index (χ4v) is 1.89. The average molecular weight is 282 g/mol. The van der Waals surface area contributed by atoms with Gasteiger partial charge >= 0.3 is 5.97 Å². The molecule has 0 fully saturated rings. The van der Waals surface area contributed by atoms with E-state index in [9.17, 15) is 4.79 Å². The summed E-state index contributed by atoms with van der Waals surface area (Å²) in [6, 6.07) is 12.2. The van der Waals surface area contributed by atoms with E-state index in [-0.39, 0.29) is 0 Å². The van der Waals surface area contributed by atoms with Crippen molar-refractivity contribution in [2.45, 2.75) is 0 Å². The van der Waals surface area contributed by atoms with E-state index in [1.807, 2.05) is 6.07 Å². The molecule has 0 atom stereocenters. The summed E-state index contributed by atoms with van der Waals surface area (Å²) < 4.78 is 5.40. The Labute approximate surface area is 121 Å². The maximum Gasteiger partial charge on any atom is 0.343 e. The summed E-state index contributed by atoms with van der Waals surface area (Å²) >= 11 is 0. The van der Waals surface area contributed by atoms with Gasteiger partial charge < -0.3 is 15.4 Å². The second-order valence-corrected chi connectivity index (χ2v) is 4.39. The SMILES string of the molecule is O=C(Oc1cccnc1NC1=NCCN1)c1ccccc1. The van der Waals surface area contributed by atoms with Crippen LogP contribution in [-0.2, 0) is 0 Å². The Bertz CT molecular complexity index is 670. The fourth-order valence-electron chi connectivity index (χ4n) is 1.89. The first-order chi connectivity index (χ1) is 10.3. The third-order valence-electron chi connectivity index (χ3n) is 2.89. The van der Waals surface area contributed by atoms with Gasteiger partial charge in [-0.05, 0) is 24.3 Å². The van der Waals surface area contributed by atoms with Crippen molar-refractivity contribution in [1.29, 1.82) is 0 Å². The molecule has 21 heavy (non-hydrogen) atoms. The molecular formula is C15H14N4O2. The van der Waals surface area contributed by atoms with Crippen LogP contribution >= 0.6 is 0 Å². The van der Waals surface area contributed by atoms with Gasteiger partial charge in [0.15, 0.2) is 17.5 Å². The molecule has 2 heterocycles. The van der Waals surface area contributed by atoms with E-state index in [1.165, 1.54) is 0 Å². The number of ether oxygens (including phenoxy) is 1. The monoisotopic (exact) mass is 282 g/mol. The van der Waals surface area contributed by atoms with Gasteiger partial charge in [-0.25, -0.2) is 9.78 Å². The molecule has 0 saturated carbocycles. The molecule has 0 saturated heterocycles. The Kier molecular flexibility index (Phi) is 3.77. The van der Waals surface area contributed by atoms with Crippen LogP contribution in [-0.4, -0.2) is 30.0 Å². The molecule has 1 aliphatic heterocycles. The second kappa shape index (κ2) is 6.04. The second-order valence-electron chi connectivity index (χ2n) is 4.39. The number of pyridine rings is 1. The maximum atomic E-state index is 12.1. The van der Waals surface area contributed by atoms with Gasteiger partial charge in [-0.2, -0.15) is 0 Å². The smallest absolute Gasteiger partial charge is 0.343 e. The lowest BCUT2D eigenvalue weighted by molar-refractivity contribution is 0.0735. The van der Waals surface area contributed by atoms with Gasteiger partial charge in [0.25, 0.3) is 0 Å². The number of carbonyl (C=O) groups is 1. The number of hydrogen-bond acceptors (Lipinski definition) is 6. The molecule has 2 N–H and O–H groups in total. The first-order valence-electron chi connectivity index (χ1n) is 6.60. The molecule has 2 aromatic rings. The number of aliphatic imine (C=N–C) groups is 1. The first-order valence-corrected chi connectivity index (χ1v) is 6.60. The number of guanidine groups is 1. The summed E-state index contributed by atoms with van der Waals surface area (Å²) in [6.07, 6.45) is 1.62. The Hall–Kier alpha value is -2.89. The number of hydrogen-bond donors (Lipinski definition) is 2. The number of esters is 1. The minimum Gasteiger partial charge on any atom is -0.419 e. The van der Waals surface area contributed by atoms with Crippen molar-refractivity contribution in [2.24, 2.45) is 4.99 Å². The summed E-state index contributed by atoms with van der Waals surface area (Å²) in [5, 5.41) is 6.09. The molecule has 1 aromatic carbocycles. The zero-order valence-corrected chi connectivity index (χ0v) is 11.2. The molecule has 0 amide bonds.